The summed E-state index contributed by atoms with van der Waals surface area (Å²) in [7, 11) is 0. The Hall–Kier alpha value is -1.28. The number of carbonyl (C=O) groups excluding carboxylic acids is 1. The van der Waals surface area contributed by atoms with Crippen LogP contribution in [0, 0.1) is 0 Å². The van der Waals surface area contributed by atoms with E-state index in [1.807, 2.05) is 30.3 Å². The second-order valence-electron chi connectivity index (χ2n) is 4.39. The number of hydrogen-bond acceptors (Lipinski definition) is 2. The largest absolute Gasteiger partial charge is 0.293 e. The minimum atomic E-state index is 0.181. The molecule has 17 heavy (non-hydrogen) atoms. The summed E-state index contributed by atoms with van der Waals surface area (Å²) >= 11 is 1.80. The van der Waals surface area contributed by atoms with Gasteiger partial charge in [0.25, 0.3) is 0 Å². The number of Topliss-reactive ketones (excluding diaryl/α,β-unsaturated/α-hetero) is 1. The van der Waals surface area contributed by atoms with Crippen LogP contribution in [0.4, 0.5) is 0 Å². The molecule has 2 heteroatoms. The lowest BCUT2D eigenvalue weighted by atomic mass is 9.98. The molecule has 1 nitrogen and oxygen atoms in total. The maximum absolute atomic E-state index is 12.4. The van der Waals surface area contributed by atoms with Gasteiger partial charge in [-0.05, 0) is 29.4 Å². The van der Waals surface area contributed by atoms with Crippen LogP contribution >= 0.6 is 11.8 Å². The van der Waals surface area contributed by atoms with Crippen molar-refractivity contribution in [1.29, 1.82) is 0 Å². The SMILES string of the molecule is O=C(c1cccc2ccccc12)C1CCCS1. The molecule has 1 unspecified atom stereocenters. The van der Waals surface area contributed by atoms with Crippen molar-refractivity contribution in [2.45, 2.75) is 18.1 Å². The Bertz CT molecular complexity index is 550. The molecule has 1 saturated heterocycles. The first-order valence-corrected chi connectivity index (χ1v) is 7.05. The van der Waals surface area contributed by atoms with E-state index < -0.39 is 0 Å². The summed E-state index contributed by atoms with van der Waals surface area (Å²) in [5.74, 6) is 1.44. The van der Waals surface area contributed by atoms with E-state index in [4.69, 9.17) is 0 Å². The molecular formula is C15H14OS. The maximum atomic E-state index is 12.4. The lowest BCUT2D eigenvalue weighted by molar-refractivity contribution is 0.0990. The second kappa shape index (κ2) is 4.53. The first-order chi connectivity index (χ1) is 8.36. The highest BCUT2D eigenvalue weighted by atomic mass is 32.2. The molecule has 86 valence electrons. The Labute approximate surface area is 105 Å². The molecule has 0 aliphatic carbocycles. The Balaban J connectivity index is 2.07. The Morgan fingerprint density at radius 3 is 2.76 bits per heavy atom. The number of carbonyl (C=O) groups is 1. The van der Waals surface area contributed by atoms with Crippen LogP contribution in [-0.4, -0.2) is 16.8 Å². The van der Waals surface area contributed by atoms with Crippen LogP contribution in [-0.2, 0) is 0 Å². The molecule has 2 aromatic rings. The third-order valence-electron chi connectivity index (χ3n) is 3.28. The van der Waals surface area contributed by atoms with Crippen molar-refractivity contribution in [1.82, 2.24) is 0 Å². The van der Waals surface area contributed by atoms with E-state index in [-0.39, 0.29) is 5.25 Å². The summed E-state index contributed by atoms with van der Waals surface area (Å²) in [6.45, 7) is 0. The average Bonchev–Trinajstić information content (AvgIpc) is 2.91. The zero-order valence-electron chi connectivity index (χ0n) is 9.56. The molecule has 1 aliphatic rings. The zero-order chi connectivity index (χ0) is 11.7. The molecule has 0 spiro atoms. The molecule has 0 radical (unpaired) electrons. The van der Waals surface area contributed by atoms with Crippen molar-refractivity contribution < 1.29 is 4.79 Å². The third-order valence-corrected chi connectivity index (χ3v) is 4.65. The monoisotopic (exact) mass is 242 g/mol. The van der Waals surface area contributed by atoms with Crippen LogP contribution in [0.5, 0.6) is 0 Å². The van der Waals surface area contributed by atoms with Crippen molar-refractivity contribution >= 4 is 28.3 Å². The van der Waals surface area contributed by atoms with Gasteiger partial charge in [0.2, 0.25) is 0 Å². The lowest BCUT2D eigenvalue weighted by Gasteiger charge is -2.10. The quantitative estimate of drug-likeness (QED) is 0.742. The highest BCUT2D eigenvalue weighted by Crippen LogP contribution is 2.31. The van der Waals surface area contributed by atoms with E-state index in [9.17, 15) is 4.79 Å². The van der Waals surface area contributed by atoms with Gasteiger partial charge in [-0.1, -0.05) is 42.5 Å². The Kier molecular flexibility index (Phi) is 2.89. The minimum Gasteiger partial charge on any atom is -0.293 e. The smallest absolute Gasteiger partial charge is 0.176 e. The molecule has 1 heterocycles. The maximum Gasteiger partial charge on any atom is 0.176 e. The number of hydrogen-bond donors (Lipinski definition) is 0. The van der Waals surface area contributed by atoms with Crippen molar-refractivity contribution in [3.8, 4) is 0 Å². The Morgan fingerprint density at radius 2 is 1.94 bits per heavy atom. The number of benzene rings is 2. The number of thioether (sulfide) groups is 1. The molecule has 0 bridgehead atoms. The standard InChI is InChI=1S/C15H14OS/c16-15(14-9-4-10-17-14)13-8-3-6-11-5-1-2-7-12(11)13/h1-3,5-8,14H,4,9-10H2. The predicted molar refractivity (Wildman–Crippen MR) is 73.8 cm³/mol. The van der Waals surface area contributed by atoms with Gasteiger partial charge in [0.1, 0.15) is 0 Å². The fourth-order valence-electron chi connectivity index (χ4n) is 2.40. The van der Waals surface area contributed by atoms with Gasteiger partial charge < -0.3 is 0 Å². The third kappa shape index (κ3) is 1.98. The second-order valence-corrected chi connectivity index (χ2v) is 5.70. The highest BCUT2D eigenvalue weighted by molar-refractivity contribution is 8.00. The van der Waals surface area contributed by atoms with Crippen LogP contribution in [0.1, 0.15) is 23.2 Å². The van der Waals surface area contributed by atoms with Gasteiger partial charge in [-0.2, -0.15) is 11.8 Å². The van der Waals surface area contributed by atoms with Crippen LogP contribution in [0.15, 0.2) is 42.5 Å². The fourth-order valence-corrected chi connectivity index (χ4v) is 3.63. The van der Waals surface area contributed by atoms with Crippen molar-refractivity contribution in [2.75, 3.05) is 5.75 Å². The van der Waals surface area contributed by atoms with Gasteiger partial charge in [0.05, 0.1) is 5.25 Å². The predicted octanol–water partition coefficient (Wildman–Crippen LogP) is 3.92. The van der Waals surface area contributed by atoms with E-state index in [0.717, 1.165) is 28.5 Å². The summed E-state index contributed by atoms with van der Waals surface area (Å²) in [6, 6.07) is 14.1. The Morgan fingerprint density at radius 1 is 1.12 bits per heavy atom. The van der Waals surface area contributed by atoms with Crippen LogP contribution in [0.25, 0.3) is 10.8 Å². The van der Waals surface area contributed by atoms with E-state index >= 15 is 0 Å². The van der Waals surface area contributed by atoms with Gasteiger partial charge in [0, 0.05) is 5.56 Å². The van der Waals surface area contributed by atoms with E-state index in [2.05, 4.69) is 12.1 Å². The molecule has 1 fully saturated rings. The van der Waals surface area contributed by atoms with Gasteiger partial charge in [0.15, 0.2) is 5.78 Å². The average molecular weight is 242 g/mol. The van der Waals surface area contributed by atoms with Gasteiger partial charge in [-0.15, -0.1) is 0 Å². The van der Waals surface area contributed by atoms with Gasteiger partial charge >= 0.3 is 0 Å². The van der Waals surface area contributed by atoms with Crippen LogP contribution in [0.3, 0.4) is 0 Å². The summed E-state index contributed by atoms with van der Waals surface area (Å²) in [6.07, 6.45) is 2.21. The molecule has 0 aromatic heterocycles. The number of rotatable bonds is 2. The van der Waals surface area contributed by atoms with Crippen molar-refractivity contribution in [2.24, 2.45) is 0 Å². The molecule has 0 N–H and O–H groups in total. The number of fused-ring (bicyclic) bond motifs is 1. The summed E-state index contributed by atoms with van der Waals surface area (Å²) in [5, 5.41) is 2.43. The minimum absolute atomic E-state index is 0.181. The molecule has 0 amide bonds. The van der Waals surface area contributed by atoms with Crippen LogP contribution < -0.4 is 0 Å². The molecule has 1 atom stereocenters. The van der Waals surface area contributed by atoms with E-state index in [1.165, 1.54) is 6.42 Å². The first kappa shape index (κ1) is 10.8. The summed E-state index contributed by atoms with van der Waals surface area (Å²) in [4.78, 5) is 12.4. The first-order valence-electron chi connectivity index (χ1n) is 6.00. The van der Waals surface area contributed by atoms with E-state index in [1.54, 1.807) is 11.8 Å². The lowest BCUT2D eigenvalue weighted by Crippen LogP contribution is -2.14. The van der Waals surface area contributed by atoms with Crippen molar-refractivity contribution in [3.63, 3.8) is 0 Å². The van der Waals surface area contributed by atoms with Crippen LogP contribution in [0.2, 0.25) is 0 Å². The molecule has 3 rings (SSSR count). The van der Waals surface area contributed by atoms with Gasteiger partial charge in [-0.25, -0.2) is 0 Å². The molecule has 2 aromatic carbocycles. The van der Waals surface area contributed by atoms with Crippen molar-refractivity contribution in [3.05, 3.63) is 48.0 Å². The summed E-state index contributed by atoms with van der Waals surface area (Å²) < 4.78 is 0. The normalized spacial score (nSPS) is 19.6. The zero-order valence-corrected chi connectivity index (χ0v) is 10.4. The topological polar surface area (TPSA) is 17.1 Å². The molecule has 0 saturated carbocycles. The van der Waals surface area contributed by atoms with E-state index in [0.29, 0.717) is 5.78 Å². The van der Waals surface area contributed by atoms with Gasteiger partial charge in [-0.3, -0.25) is 4.79 Å². The molecular weight excluding hydrogens is 228 g/mol. The summed E-state index contributed by atoms with van der Waals surface area (Å²) in [5.41, 5.74) is 0.891. The highest BCUT2D eigenvalue weighted by Gasteiger charge is 2.25. The fraction of sp³-hybridized carbons (Fsp3) is 0.267. The molecule has 1 aliphatic heterocycles. The number of ketones is 1.